The van der Waals surface area contributed by atoms with Crippen LogP contribution in [0.15, 0.2) is 60.7 Å². The number of carbonyl (C=O) groups is 5. The maximum atomic E-state index is 12.8. The molecule has 0 aliphatic carbocycles. The van der Waals surface area contributed by atoms with E-state index in [2.05, 4.69) is 21.3 Å². The second kappa shape index (κ2) is 23.0. The molecule has 4 amide bonds. The molecule has 0 aliphatic heterocycles. The Kier molecular flexibility index (Phi) is 19.6. The normalized spacial score (nSPS) is 11.5. The van der Waals surface area contributed by atoms with Crippen LogP contribution in [0.2, 0.25) is 0 Å². The largest absolute Gasteiger partial charge is 0.459 e. The summed E-state index contributed by atoms with van der Waals surface area (Å²) in [4.78, 5) is 61.3. The Labute approximate surface area is 257 Å². The SMILES string of the molecule is CC(=O)NC(CCCCNC(=O)CC[C@H](NC(=O)OCc1ccccc1)C(=O)OCc1ccccc1)C(=O)NCCN.CF. The van der Waals surface area contributed by atoms with Crippen molar-refractivity contribution in [3.05, 3.63) is 71.8 Å². The predicted molar refractivity (Wildman–Crippen MR) is 163 cm³/mol. The van der Waals surface area contributed by atoms with Crippen molar-refractivity contribution in [1.29, 1.82) is 0 Å². The molecule has 2 atom stereocenters. The van der Waals surface area contributed by atoms with Crippen molar-refractivity contribution in [2.75, 3.05) is 26.8 Å². The molecule has 0 aliphatic rings. The molecule has 6 N–H and O–H groups in total. The Morgan fingerprint density at radius 1 is 0.750 bits per heavy atom. The molecule has 13 heteroatoms. The molecule has 2 aromatic rings. The summed E-state index contributed by atoms with van der Waals surface area (Å²) in [7, 11) is 0.500. The van der Waals surface area contributed by atoms with E-state index in [0.29, 0.717) is 46.1 Å². The quantitative estimate of drug-likeness (QED) is 0.125. The number of esters is 1. The first-order chi connectivity index (χ1) is 21.3. The van der Waals surface area contributed by atoms with Crippen LogP contribution >= 0.6 is 0 Å². The molecule has 0 radical (unpaired) electrons. The Hall–Kier alpha value is -4.52. The number of nitrogens with two attached hydrogens (primary N) is 1. The maximum absolute atomic E-state index is 12.8. The van der Waals surface area contributed by atoms with Gasteiger partial charge in [-0.2, -0.15) is 0 Å². The van der Waals surface area contributed by atoms with Crippen LogP contribution in [-0.4, -0.2) is 68.7 Å². The highest BCUT2D eigenvalue weighted by molar-refractivity contribution is 5.86. The van der Waals surface area contributed by atoms with Gasteiger partial charge in [0.1, 0.15) is 25.3 Å². The number of amides is 4. The number of hydrogen-bond acceptors (Lipinski definition) is 8. The van der Waals surface area contributed by atoms with Crippen LogP contribution in [0.3, 0.4) is 0 Å². The van der Waals surface area contributed by atoms with Crippen LogP contribution in [-0.2, 0) is 41.9 Å². The number of ether oxygens (including phenoxy) is 2. The molecule has 242 valence electrons. The number of halogens is 1. The van der Waals surface area contributed by atoms with Gasteiger partial charge in [0.2, 0.25) is 17.7 Å². The van der Waals surface area contributed by atoms with Crippen LogP contribution in [0.4, 0.5) is 9.18 Å². The van der Waals surface area contributed by atoms with Gasteiger partial charge in [0, 0.05) is 33.0 Å². The fourth-order valence-corrected chi connectivity index (χ4v) is 3.88. The summed E-state index contributed by atoms with van der Waals surface area (Å²) in [6, 6.07) is 16.4. The summed E-state index contributed by atoms with van der Waals surface area (Å²) in [5.74, 6) is -1.61. The lowest BCUT2D eigenvalue weighted by Gasteiger charge is -2.18. The predicted octanol–water partition coefficient (Wildman–Crippen LogP) is 2.26. The lowest BCUT2D eigenvalue weighted by molar-refractivity contribution is -0.147. The third-order valence-corrected chi connectivity index (χ3v) is 6.05. The zero-order valence-electron chi connectivity index (χ0n) is 25.3. The van der Waals surface area contributed by atoms with Gasteiger partial charge in [0.25, 0.3) is 0 Å². The second-order valence-corrected chi connectivity index (χ2v) is 9.57. The van der Waals surface area contributed by atoms with Gasteiger partial charge in [-0.1, -0.05) is 60.7 Å². The minimum Gasteiger partial charge on any atom is -0.459 e. The van der Waals surface area contributed by atoms with Gasteiger partial charge in [-0.3, -0.25) is 18.8 Å². The number of alkyl halides is 1. The highest BCUT2D eigenvalue weighted by atomic mass is 19.1. The molecule has 0 bridgehead atoms. The van der Waals surface area contributed by atoms with Crippen molar-refractivity contribution >= 4 is 29.8 Å². The highest BCUT2D eigenvalue weighted by Gasteiger charge is 2.24. The first kappa shape index (κ1) is 37.5. The van der Waals surface area contributed by atoms with Crippen molar-refractivity contribution in [3.63, 3.8) is 0 Å². The third kappa shape index (κ3) is 16.8. The minimum absolute atomic E-state index is 0.00577. The van der Waals surface area contributed by atoms with E-state index in [9.17, 15) is 28.4 Å². The van der Waals surface area contributed by atoms with Gasteiger partial charge in [-0.25, -0.2) is 9.59 Å². The van der Waals surface area contributed by atoms with E-state index < -0.39 is 24.1 Å². The number of alkyl carbamates (subject to hydrolysis) is 1. The molecule has 0 spiro atoms. The Balaban J connectivity index is 0.00000474. The van der Waals surface area contributed by atoms with Gasteiger partial charge >= 0.3 is 12.1 Å². The van der Waals surface area contributed by atoms with Crippen molar-refractivity contribution in [2.45, 2.75) is 64.3 Å². The lowest BCUT2D eigenvalue weighted by Crippen LogP contribution is -2.47. The summed E-state index contributed by atoms with van der Waals surface area (Å²) in [5.41, 5.74) is 6.98. The topological polar surface area (TPSA) is 178 Å². The van der Waals surface area contributed by atoms with Crippen LogP contribution in [0.5, 0.6) is 0 Å². The zero-order valence-corrected chi connectivity index (χ0v) is 25.3. The fraction of sp³-hybridized carbons (Fsp3) is 0.452. The van der Waals surface area contributed by atoms with E-state index in [1.807, 2.05) is 48.5 Å². The van der Waals surface area contributed by atoms with Crippen molar-refractivity contribution in [2.24, 2.45) is 5.73 Å². The number of nitrogens with one attached hydrogen (secondary N) is 4. The second-order valence-electron chi connectivity index (χ2n) is 9.57. The standard InChI is InChI=1S/C30H41N5O7.CH3F/c1-22(36)34-25(28(38)33-19-17-31)14-8-9-18-32-27(37)16-15-26(29(39)41-20-23-10-4-2-5-11-23)35-30(40)42-21-24-12-6-3-7-13-24;1-2/h2-7,10-13,25-26H,8-9,14-21,31H2,1H3,(H,32,37)(H,33,38)(H,34,36)(H,35,40);1H3/t25?,26-;/m0./s1. The van der Waals surface area contributed by atoms with Gasteiger partial charge in [0.05, 0.1) is 7.18 Å². The molecule has 2 aromatic carbocycles. The van der Waals surface area contributed by atoms with E-state index in [-0.39, 0.29) is 43.8 Å². The van der Waals surface area contributed by atoms with Crippen molar-refractivity contribution in [1.82, 2.24) is 21.3 Å². The molecular weight excluding hydrogens is 573 g/mol. The Morgan fingerprint density at radius 3 is 1.91 bits per heavy atom. The summed E-state index contributed by atoms with van der Waals surface area (Å²) >= 11 is 0. The number of carbonyl (C=O) groups excluding carboxylic acids is 5. The monoisotopic (exact) mass is 617 g/mol. The number of benzene rings is 2. The van der Waals surface area contributed by atoms with Gasteiger partial charge < -0.3 is 36.5 Å². The maximum Gasteiger partial charge on any atom is 0.408 e. The van der Waals surface area contributed by atoms with Crippen LogP contribution in [0.1, 0.15) is 50.2 Å². The van der Waals surface area contributed by atoms with E-state index in [1.54, 1.807) is 12.1 Å². The van der Waals surface area contributed by atoms with Crippen molar-refractivity contribution < 1.29 is 37.8 Å². The lowest BCUT2D eigenvalue weighted by atomic mass is 10.1. The highest BCUT2D eigenvalue weighted by Crippen LogP contribution is 2.08. The van der Waals surface area contributed by atoms with Crippen LogP contribution < -0.4 is 27.0 Å². The summed E-state index contributed by atoms with van der Waals surface area (Å²) in [6.07, 6.45) is 0.704. The number of hydrogen-bond donors (Lipinski definition) is 5. The Bertz CT molecular complexity index is 1140. The third-order valence-electron chi connectivity index (χ3n) is 6.05. The average Bonchev–Trinajstić information content (AvgIpc) is 3.04. The van der Waals surface area contributed by atoms with E-state index in [0.717, 1.165) is 11.1 Å². The molecule has 2 rings (SSSR count). The molecule has 0 heterocycles. The average molecular weight is 618 g/mol. The van der Waals surface area contributed by atoms with E-state index in [1.165, 1.54) is 6.92 Å². The summed E-state index contributed by atoms with van der Waals surface area (Å²) in [6.45, 7) is 2.33. The molecule has 0 saturated carbocycles. The molecule has 0 saturated heterocycles. The first-order valence-corrected chi connectivity index (χ1v) is 14.4. The fourth-order valence-electron chi connectivity index (χ4n) is 3.88. The summed E-state index contributed by atoms with van der Waals surface area (Å²) < 4.78 is 20.1. The van der Waals surface area contributed by atoms with Gasteiger partial charge in [0.15, 0.2) is 0 Å². The first-order valence-electron chi connectivity index (χ1n) is 14.4. The number of unbranched alkanes of at least 4 members (excludes halogenated alkanes) is 1. The molecule has 44 heavy (non-hydrogen) atoms. The van der Waals surface area contributed by atoms with Crippen LogP contribution in [0, 0.1) is 0 Å². The molecule has 12 nitrogen and oxygen atoms in total. The smallest absolute Gasteiger partial charge is 0.408 e. The molecule has 1 unspecified atom stereocenters. The number of rotatable bonds is 18. The Morgan fingerprint density at radius 2 is 1.34 bits per heavy atom. The van der Waals surface area contributed by atoms with Gasteiger partial charge in [-0.05, 0) is 36.8 Å². The zero-order chi connectivity index (χ0) is 32.6. The van der Waals surface area contributed by atoms with Crippen molar-refractivity contribution in [3.8, 4) is 0 Å². The molecule has 0 aromatic heterocycles. The molecule has 0 fully saturated rings. The minimum atomic E-state index is -1.09. The van der Waals surface area contributed by atoms with E-state index >= 15 is 0 Å². The van der Waals surface area contributed by atoms with E-state index in [4.69, 9.17) is 15.2 Å². The molecular formula is C31H44FN5O7. The van der Waals surface area contributed by atoms with Crippen LogP contribution in [0.25, 0.3) is 0 Å². The van der Waals surface area contributed by atoms with Gasteiger partial charge in [-0.15, -0.1) is 0 Å². The summed E-state index contributed by atoms with van der Waals surface area (Å²) in [5, 5.41) is 10.6.